The monoisotopic (exact) mass is 610 g/mol. The predicted octanol–water partition coefficient (Wildman–Crippen LogP) is 11.0. The van der Waals surface area contributed by atoms with Crippen LogP contribution in [0.1, 0.15) is 11.1 Å². The van der Waals surface area contributed by atoms with E-state index in [9.17, 15) is 10.5 Å². The lowest BCUT2D eigenvalue weighted by Gasteiger charge is -2.15. The second kappa shape index (κ2) is 10.9. The Kier molecular flexibility index (Phi) is 6.22. The Bertz CT molecular complexity index is 2790. The molecule has 4 heteroatoms. The number of benzene rings is 7. The van der Waals surface area contributed by atoms with Crippen LogP contribution in [-0.4, -0.2) is 9.13 Å². The van der Waals surface area contributed by atoms with Gasteiger partial charge in [-0.05, 0) is 77.4 Å². The van der Waals surface area contributed by atoms with Crippen molar-refractivity contribution in [2.75, 3.05) is 0 Å². The molecule has 2 heterocycles. The summed E-state index contributed by atoms with van der Waals surface area (Å²) in [7, 11) is 0. The van der Waals surface area contributed by atoms with Crippen molar-refractivity contribution >= 4 is 43.6 Å². The molecule has 0 saturated carbocycles. The predicted molar refractivity (Wildman–Crippen MR) is 195 cm³/mol. The highest BCUT2D eigenvalue weighted by atomic mass is 15.0. The van der Waals surface area contributed by atoms with Crippen molar-refractivity contribution in [3.05, 3.63) is 169 Å². The summed E-state index contributed by atoms with van der Waals surface area (Å²) in [4.78, 5) is 0. The summed E-state index contributed by atoms with van der Waals surface area (Å²) < 4.78 is 4.57. The van der Waals surface area contributed by atoms with E-state index in [2.05, 4.69) is 130 Å². The Hall–Kier alpha value is -6.88. The van der Waals surface area contributed by atoms with Gasteiger partial charge in [-0.15, -0.1) is 0 Å². The number of nitrogens with zero attached hydrogens (tertiary/aromatic N) is 4. The van der Waals surface area contributed by atoms with Gasteiger partial charge in [-0.2, -0.15) is 10.5 Å². The summed E-state index contributed by atoms with van der Waals surface area (Å²) in [6, 6.07) is 59.2. The number of rotatable bonds is 4. The fourth-order valence-electron chi connectivity index (χ4n) is 7.23. The fraction of sp³-hybridized carbons (Fsp3) is 0. The molecule has 0 saturated heterocycles. The molecule has 48 heavy (non-hydrogen) atoms. The fourth-order valence-corrected chi connectivity index (χ4v) is 7.23. The van der Waals surface area contributed by atoms with Gasteiger partial charge < -0.3 is 9.13 Å². The second-order valence-corrected chi connectivity index (χ2v) is 12.0. The maximum atomic E-state index is 10.0. The Morgan fingerprint density at radius 3 is 1.46 bits per heavy atom. The number of nitriles is 2. The molecule has 0 aliphatic carbocycles. The minimum Gasteiger partial charge on any atom is -0.309 e. The van der Waals surface area contributed by atoms with Gasteiger partial charge in [0.2, 0.25) is 0 Å². The Labute approximate surface area is 277 Å². The lowest BCUT2D eigenvalue weighted by molar-refractivity contribution is 1.18. The largest absolute Gasteiger partial charge is 0.309 e. The van der Waals surface area contributed by atoms with Crippen LogP contribution in [0.25, 0.3) is 77.2 Å². The molecule has 0 aliphatic rings. The van der Waals surface area contributed by atoms with Crippen molar-refractivity contribution in [1.29, 1.82) is 10.5 Å². The van der Waals surface area contributed by atoms with Gasteiger partial charge in [-0.25, -0.2) is 0 Å². The van der Waals surface area contributed by atoms with Gasteiger partial charge in [0.15, 0.2) is 0 Å². The summed E-state index contributed by atoms with van der Waals surface area (Å²) >= 11 is 0. The molecule has 0 fully saturated rings. The number of aromatic nitrogens is 2. The van der Waals surface area contributed by atoms with E-state index in [-0.39, 0.29) is 0 Å². The summed E-state index contributed by atoms with van der Waals surface area (Å²) in [5.74, 6) is 0. The summed E-state index contributed by atoms with van der Waals surface area (Å²) in [5.41, 5.74) is 11.3. The molecular weight excluding hydrogens is 585 g/mol. The van der Waals surface area contributed by atoms with Crippen molar-refractivity contribution in [2.45, 2.75) is 0 Å². The molecule has 0 atom stereocenters. The minimum absolute atomic E-state index is 0.359. The average Bonchev–Trinajstić information content (AvgIpc) is 3.67. The van der Waals surface area contributed by atoms with Crippen molar-refractivity contribution < 1.29 is 0 Å². The molecular formula is C44H26N4. The molecule has 9 rings (SSSR count). The molecule has 222 valence electrons. The van der Waals surface area contributed by atoms with Crippen molar-refractivity contribution in [2.24, 2.45) is 0 Å². The van der Waals surface area contributed by atoms with Crippen molar-refractivity contribution in [3.63, 3.8) is 0 Å². The first-order chi connectivity index (χ1) is 23.7. The summed E-state index contributed by atoms with van der Waals surface area (Å²) in [5, 5.41) is 24.6. The van der Waals surface area contributed by atoms with E-state index in [0.717, 1.165) is 55.4 Å². The first-order valence-electron chi connectivity index (χ1n) is 15.9. The zero-order chi connectivity index (χ0) is 32.2. The standard InChI is InChI=1S/C44H26N4/c45-27-32-25-37(29-11-3-1-4-12-29)44(26-33(32)28-46)48-41-18-10-8-16-36(41)39-24-31(20-22-43(39)48)30-19-21-42-38(23-30)35-15-7-9-17-40(35)47(42)34-13-5-2-6-14-34/h1-26H. The maximum Gasteiger partial charge on any atom is 0.101 e. The summed E-state index contributed by atoms with van der Waals surface area (Å²) in [6.07, 6.45) is 0. The molecule has 0 radical (unpaired) electrons. The second-order valence-electron chi connectivity index (χ2n) is 12.0. The van der Waals surface area contributed by atoms with E-state index in [1.54, 1.807) is 0 Å². The Balaban J connectivity index is 1.28. The molecule has 0 amide bonds. The van der Waals surface area contributed by atoms with Crippen LogP contribution in [-0.2, 0) is 0 Å². The summed E-state index contributed by atoms with van der Waals surface area (Å²) in [6.45, 7) is 0. The number of hydrogen-bond donors (Lipinski definition) is 0. The third kappa shape index (κ3) is 4.14. The topological polar surface area (TPSA) is 57.4 Å². The van der Waals surface area contributed by atoms with Gasteiger partial charge >= 0.3 is 0 Å². The first kappa shape index (κ1) is 27.4. The van der Waals surface area contributed by atoms with Crippen LogP contribution in [0, 0.1) is 22.7 Å². The van der Waals surface area contributed by atoms with Gasteiger partial charge in [0, 0.05) is 32.8 Å². The van der Waals surface area contributed by atoms with Gasteiger partial charge in [0.25, 0.3) is 0 Å². The van der Waals surface area contributed by atoms with Gasteiger partial charge in [-0.1, -0.05) is 97.1 Å². The highest BCUT2D eigenvalue weighted by Crippen LogP contribution is 2.40. The molecule has 2 aromatic heterocycles. The lowest BCUT2D eigenvalue weighted by Crippen LogP contribution is -2.00. The molecule has 0 spiro atoms. The number of hydrogen-bond acceptors (Lipinski definition) is 2. The number of para-hydroxylation sites is 3. The third-order valence-electron chi connectivity index (χ3n) is 9.40. The molecule has 0 bridgehead atoms. The first-order valence-corrected chi connectivity index (χ1v) is 15.9. The zero-order valence-corrected chi connectivity index (χ0v) is 25.8. The molecule has 4 nitrogen and oxygen atoms in total. The van der Waals surface area contributed by atoms with Crippen molar-refractivity contribution in [3.8, 4) is 45.8 Å². The quantitative estimate of drug-likeness (QED) is 0.199. The van der Waals surface area contributed by atoms with Crippen LogP contribution in [0.5, 0.6) is 0 Å². The van der Waals surface area contributed by atoms with E-state index in [1.807, 2.05) is 48.5 Å². The maximum absolute atomic E-state index is 10.0. The van der Waals surface area contributed by atoms with Crippen LogP contribution in [0.2, 0.25) is 0 Å². The van der Waals surface area contributed by atoms with Crippen LogP contribution < -0.4 is 0 Å². The number of fused-ring (bicyclic) bond motifs is 6. The van der Waals surface area contributed by atoms with Crippen LogP contribution in [0.4, 0.5) is 0 Å². The third-order valence-corrected chi connectivity index (χ3v) is 9.40. The van der Waals surface area contributed by atoms with Gasteiger partial charge in [-0.3, -0.25) is 0 Å². The van der Waals surface area contributed by atoms with E-state index in [4.69, 9.17) is 0 Å². The van der Waals surface area contributed by atoms with Crippen molar-refractivity contribution in [1.82, 2.24) is 9.13 Å². The molecule has 9 aromatic rings. The molecule has 0 unspecified atom stereocenters. The van der Waals surface area contributed by atoms with Crippen LogP contribution in [0.15, 0.2) is 158 Å². The normalized spacial score (nSPS) is 11.3. The molecule has 0 aliphatic heterocycles. The van der Waals surface area contributed by atoms with E-state index >= 15 is 0 Å². The Morgan fingerprint density at radius 2 is 0.854 bits per heavy atom. The molecule has 0 N–H and O–H groups in total. The van der Waals surface area contributed by atoms with Crippen LogP contribution >= 0.6 is 0 Å². The van der Waals surface area contributed by atoms with E-state index < -0.39 is 0 Å². The average molecular weight is 611 g/mol. The van der Waals surface area contributed by atoms with E-state index in [1.165, 1.54) is 21.8 Å². The van der Waals surface area contributed by atoms with Crippen LogP contribution in [0.3, 0.4) is 0 Å². The van der Waals surface area contributed by atoms with Gasteiger partial charge in [0.1, 0.15) is 12.1 Å². The SMILES string of the molecule is N#Cc1cc(-c2ccccc2)c(-n2c3ccccc3c3cc(-c4ccc5c(c4)c4ccccc4n5-c4ccccc4)ccc32)cc1C#N. The highest BCUT2D eigenvalue weighted by Gasteiger charge is 2.19. The van der Waals surface area contributed by atoms with Gasteiger partial charge in [0.05, 0.1) is 38.9 Å². The zero-order valence-electron chi connectivity index (χ0n) is 25.8. The Morgan fingerprint density at radius 1 is 0.375 bits per heavy atom. The smallest absolute Gasteiger partial charge is 0.101 e. The minimum atomic E-state index is 0.359. The highest BCUT2D eigenvalue weighted by molar-refractivity contribution is 6.13. The van der Waals surface area contributed by atoms with E-state index in [0.29, 0.717) is 11.1 Å². The lowest BCUT2D eigenvalue weighted by atomic mass is 9.97. The molecule has 7 aromatic carbocycles.